The molecule has 0 aliphatic carbocycles. The van der Waals surface area contributed by atoms with E-state index >= 15 is 0 Å². The number of nitrogens with one attached hydrogen (secondary N) is 3. The van der Waals surface area contributed by atoms with Crippen LogP contribution in [0.25, 0.3) is 22.3 Å². The second-order valence-electron chi connectivity index (χ2n) is 6.72. The van der Waals surface area contributed by atoms with Crippen LogP contribution in [0.15, 0.2) is 83.8 Å². The standard InChI is InChI=1S/C23H16N4O2/c28-20-13-24-18-11-10-15(12-19(18)26-20)25-22(14-6-2-1-3-7-14)21-16-8-4-5-9-17(16)27-23(21)29/h1-13,25H,(H,26,28)(H,27,29)/b22-21-. The van der Waals surface area contributed by atoms with E-state index in [4.69, 9.17) is 0 Å². The maximum atomic E-state index is 12.8. The number of H-pyrrole nitrogens is 1. The number of para-hydroxylation sites is 1. The Labute approximate surface area is 165 Å². The highest BCUT2D eigenvalue weighted by molar-refractivity contribution is 6.37. The first-order chi connectivity index (χ1) is 14.2. The molecule has 0 spiro atoms. The summed E-state index contributed by atoms with van der Waals surface area (Å²) in [6.07, 6.45) is 1.26. The number of amides is 1. The molecule has 0 saturated carbocycles. The average molecular weight is 380 g/mol. The number of benzene rings is 3. The molecule has 0 saturated heterocycles. The topological polar surface area (TPSA) is 86.9 Å². The van der Waals surface area contributed by atoms with Gasteiger partial charge in [0.1, 0.15) is 0 Å². The van der Waals surface area contributed by atoms with Gasteiger partial charge in [0.05, 0.1) is 28.5 Å². The molecular formula is C23H16N4O2. The van der Waals surface area contributed by atoms with E-state index in [0.717, 1.165) is 22.5 Å². The van der Waals surface area contributed by atoms with Crippen molar-refractivity contribution in [2.75, 3.05) is 10.6 Å². The molecule has 6 heteroatoms. The zero-order valence-corrected chi connectivity index (χ0v) is 15.3. The van der Waals surface area contributed by atoms with Gasteiger partial charge in [-0.2, -0.15) is 0 Å². The van der Waals surface area contributed by atoms with Gasteiger partial charge in [0.15, 0.2) is 0 Å². The summed E-state index contributed by atoms with van der Waals surface area (Å²) in [5, 5.41) is 6.32. The minimum absolute atomic E-state index is 0.159. The SMILES string of the molecule is O=C1Nc2ccccc2/C1=C(/Nc1ccc2ncc(=O)[nH]c2c1)c1ccccc1. The maximum absolute atomic E-state index is 12.8. The van der Waals surface area contributed by atoms with Crippen molar-refractivity contribution in [2.45, 2.75) is 0 Å². The number of aromatic nitrogens is 2. The molecule has 1 aromatic heterocycles. The Morgan fingerprint density at radius 3 is 2.55 bits per heavy atom. The quantitative estimate of drug-likeness (QED) is 0.471. The molecule has 5 rings (SSSR count). The van der Waals surface area contributed by atoms with Crippen molar-refractivity contribution in [3.05, 3.63) is 100 Å². The van der Waals surface area contributed by atoms with Crippen molar-refractivity contribution in [3.63, 3.8) is 0 Å². The summed E-state index contributed by atoms with van der Waals surface area (Å²) in [4.78, 5) is 31.4. The number of nitrogens with zero attached hydrogens (tertiary/aromatic N) is 1. The van der Waals surface area contributed by atoms with Crippen LogP contribution in [0.4, 0.5) is 11.4 Å². The zero-order valence-electron chi connectivity index (χ0n) is 15.3. The number of rotatable bonds is 3. The third-order valence-electron chi connectivity index (χ3n) is 4.83. The second-order valence-corrected chi connectivity index (χ2v) is 6.72. The maximum Gasteiger partial charge on any atom is 0.266 e. The van der Waals surface area contributed by atoms with Crippen molar-refractivity contribution < 1.29 is 4.79 Å². The third kappa shape index (κ3) is 3.06. The Balaban J connectivity index is 1.69. The molecule has 140 valence electrons. The first-order valence-corrected chi connectivity index (χ1v) is 9.15. The van der Waals surface area contributed by atoms with Gasteiger partial charge in [0.2, 0.25) is 0 Å². The van der Waals surface area contributed by atoms with Crippen molar-refractivity contribution in [2.24, 2.45) is 0 Å². The number of fused-ring (bicyclic) bond motifs is 2. The van der Waals surface area contributed by atoms with E-state index in [0.29, 0.717) is 22.3 Å². The highest BCUT2D eigenvalue weighted by Gasteiger charge is 2.28. The highest BCUT2D eigenvalue weighted by atomic mass is 16.2. The molecule has 0 bridgehead atoms. The summed E-state index contributed by atoms with van der Waals surface area (Å²) in [5.41, 5.74) is 5.57. The Bertz CT molecular complexity index is 1340. The van der Waals surface area contributed by atoms with E-state index in [-0.39, 0.29) is 11.5 Å². The lowest BCUT2D eigenvalue weighted by Crippen LogP contribution is -2.10. The van der Waals surface area contributed by atoms with E-state index in [1.165, 1.54) is 6.20 Å². The number of hydrogen-bond acceptors (Lipinski definition) is 4. The van der Waals surface area contributed by atoms with Crippen LogP contribution in [0.3, 0.4) is 0 Å². The Morgan fingerprint density at radius 2 is 1.69 bits per heavy atom. The van der Waals surface area contributed by atoms with Gasteiger partial charge in [0.25, 0.3) is 11.5 Å². The lowest BCUT2D eigenvalue weighted by molar-refractivity contribution is -0.110. The van der Waals surface area contributed by atoms with E-state index in [9.17, 15) is 9.59 Å². The fraction of sp³-hybridized carbons (Fsp3) is 0. The monoisotopic (exact) mass is 380 g/mol. The van der Waals surface area contributed by atoms with Gasteiger partial charge in [-0.1, -0.05) is 48.5 Å². The van der Waals surface area contributed by atoms with Crippen LogP contribution in [-0.2, 0) is 4.79 Å². The zero-order chi connectivity index (χ0) is 19.8. The Morgan fingerprint density at radius 1 is 0.897 bits per heavy atom. The molecule has 29 heavy (non-hydrogen) atoms. The predicted octanol–water partition coefficient (Wildman–Crippen LogP) is 3.86. The van der Waals surface area contributed by atoms with Gasteiger partial charge in [-0.15, -0.1) is 0 Å². The fourth-order valence-corrected chi connectivity index (χ4v) is 3.51. The lowest BCUT2D eigenvalue weighted by Gasteiger charge is -2.15. The summed E-state index contributed by atoms with van der Waals surface area (Å²) in [6.45, 7) is 0. The molecule has 0 radical (unpaired) electrons. The molecular weight excluding hydrogens is 364 g/mol. The Hall–Kier alpha value is -4.19. The number of carbonyl (C=O) groups is 1. The second kappa shape index (κ2) is 6.76. The first-order valence-electron chi connectivity index (χ1n) is 9.15. The minimum atomic E-state index is -0.264. The number of aromatic amines is 1. The minimum Gasteiger partial charge on any atom is -0.354 e. The van der Waals surface area contributed by atoms with Crippen molar-refractivity contribution in [3.8, 4) is 0 Å². The smallest absolute Gasteiger partial charge is 0.266 e. The van der Waals surface area contributed by atoms with E-state index in [1.54, 1.807) is 0 Å². The summed E-state index contributed by atoms with van der Waals surface area (Å²) in [6, 6.07) is 22.8. The third-order valence-corrected chi connectivity index (χ3v) is 4.83. The van der Waals surface area contributed by atoms with Gasteiger partial charge in [0, 0.05) is 16.9 Å². The summed E-state index contributed by atoms with van der Waals surface area (Å²) in [7, 11) is 0. The largest absolute Gasteiger partial charge is 0.354 e. The van der Waals surface area contributed by atoms with E-state index < -0.39 is 0 Å². The molecule has 4 aromatic rings. The molecule has 2 heterocycles. The van der Waals surface area contributed by atoms with Gasteiger partial charge in [-0.05, 0) is 29.8 Å². The molecule has 0 atom stereocenters. The molecule has 3 aromatic carbocycles. The summed E-state index contributed by atoms with van der Waals surface area (Å²) < 4.78 is 0. The predicted molar refractivity (Wildman–Crippen MR) is 114 cm³/mol. The molecule has 6 nitrogen and oxygen atoms in total. The fourth-order valence-electron chi connectivity index (χ4n) is 3.51. The van der Waals surface area contributed by atoms with Gasteiger partial charge in [-0.3, -0.25) is 9.59 Å². The van der Waals surface area contributed by atoms with Crippen LogP contribution >= 0.6 is 0 Å². The first kappa shape index (κ1) is 16.9. The summed E-state index contributed by atoms with van der Waals surface area (Å²) in [5.74, 6) is -0.159. The van der Waals surface area contributed by atoms with Crippen LogP contribution in [0.1, 0.15) is 11.1 Å². The number of carbonyl (C=O) groups excluding carboxylic acids is 1. The molecule has 1 aliphatic rings. The average Bonchev–Trinajstić information content (AvgIpc) is 3.08. The van der Waals surface area contributed by atoms with E-state index in [1.807, 2.05) is 72.8 Å². The Kier molecular flexibility index (Phi) is 3.95. The highest BCUT2D eigenvalue weighted by Crippen LogP contribution is 2.37. The summed E-state index contributed by atoms with van der Waals surface area (Å²) >= 11 is 0. The van der Waals surface area contributed by atoms with Crippen LogP contribution in [0.2, 0.25) is 0 Å². The van der Waals surface area contributed by atoms with Gasteiger partial charge >= 0.3 is 0 Å². The molecule has 0 fully saturated rings. The van der Waals surface area contributed by atoms with E-state index in [2.05, 4.69) is 20.6 Å². The van der Waals surface area contributed by atoms with Crippen molar-refractivity contribution in [1.82, 2.24) is 9.97 Å². The van der Waals surface area contributed by atoms with Crippen LogP contribution < -0.4 is 16.2 Å². The van der Waals surface area contributed by atoms with Gasteiger partial charge in [-0.25, -0.2) is 4.98 Å². The molecule has 1 amide bonds. The van der Waals surface area contributed by atoms with Crippen molar-refractivity contribution in [1.29, 1.82) is 0 Å². The van der Waals surface area contributed by atoms with Crippen LogP contribution in [0.5, 0.6) is 0 Å². The molecule has 1 aliphatic heterocycles. The van der Waals surface area contributed by atoms with Crippen molar-refractivity contribution >= 4 is 39.6 Å². The molecule has 0 unspecified atom stereocenters. The molecule has 3 N–H and O–H groups in total. The van der Waals surface area contributed by atoms with Crippen LogP contribution in [0, 0.1) is 0 Å². The lowest BCUT2D eigenvalue weighted by atomic mass is 10.00. The number of hydrogen-bond donors (Lipinski definition) is 3. The van der Waals surface area contributed by atoms with Gasteiger partial charge < -0.3 is 15.6 Å². The number of anilines is 2. The normalized spacial score (nSPS) is 14.4. The van der Waals surface area contributed by atoms with Crippen LogP contribution in [-0.4, -0.2) is 15.9 Å².